The van der Waals surface area contributed by atoms with Gasteiger partial charge in [-0.05, 0) is 12.8 Å². The van der Waals surface area contributed by atoms with Crippen molar-refractivity contribution < 1.29 is 9.90 Å². The summed E-state index contributed by atoms with van der Waals surface area (Å²) in [4.78, 5) is 11.2. The third-order valence-electron chi connectivity index (χ3n) is 1.68. The van der Waals surface area contributed by atoms with Crippen LogP contribution in [0.15, 0.2) is 12.4 Å². The minimum atomic E-state index is -0.0894. The first kappa shape index (κ1) is 10.6. The van der Waals surface area contributed by atoms with E-state index in [2.05, 4.69) is 15.6 Å². The van der Waals surface area contributed by atoms with Crippen molar-refractivity contribution in [2.24, 2.45) is 0 Å². The molecule has 0 atom stereocenters. The van der Waals surface area contributed by atoms with Gasteiger partial charge >= 0.3 is 0 Å². The van der Waals surface area contributed by atoms with Crippen LogP contribution >= 0.6 is 0 Å². The molecule has 1 rings (SSSR count). The first-order valence-electron chi connectivity index (χ1n) is 4.54. The summed E-state index contributed by atoms with van der Waals surface area (Å²) in [7, 11) is 0. The summed E-state index contributed by atoms with van der Waals surface area (Å²) in [5.41, 5.74) is 0. The average molecular weight is 198 g/mol. The van der Waals surface area contributed by atoms with Crippen LogP contribution in [0.4, 0.5) is 0 Å². The van der Waals surface area contributed by atoms with Crippen LogP contribution in [-0.2, 0) is 11.3 Å². The lowest BCUT2D eigenvalue weighted by molar-refractivity contribution is -0.121. The lowest BCUT2D eigenvalue weighted by Gasteiger charge is -2.03. The molecule has 78 valence electrons. The molecule has 0 spiro atoms. The van der Waals surface area contributed by atoms with E-state index in [4.69, 9.17) is 5.11 Å². The highest BCUT2D eigenvalue weighted by atomic mass is 16.2. The Kier molecular flexibility index (Phi) is 4.63. The second-order valence-electron chi connectivity index (χ2n) is 2.88. The van der Waals surface area contributed by atoms with E-state index in [0.29, 0.717) is 13.0 Å². The molecule has 0 radical (unpaired) electrons. The maximum absolute atomic E-state index is 11.2. The highest BCUT2D eigenvalue weighted by molar-refractivity contribution is 5.75. The molecule has 14 heavy (non-hydrogen) atoms. The second-order valence-corrected chi connectivity index (χ2v) is 2.88. The number of nitrogens with one attached hydrogen (secondary N) is 1. The van der Waals surface area contributed by atoms with Crippen LogP contribution in [0.25, 0.3) is 0 Å². The molecule has 6 nitrogen and oxygen atoms in total. The summed E-state index contributed by atoms with van der Waals surface area (Å²) < 4.78 is 1.46. The number of amides is 1. The Balaban J connectivity index is 2.11. The predicted octanol–water partition coefficient (Wildman–Crippen LogP) is -0.833. The molecular formula is C8H14N4O2. The van der Waals surface area contributed by atoms with Crippen LogP contribution in [-0.4, -0.2) is 39.2 Å². The highest BCUT2D eigenvalue weighted by Crippen LogP contribution is 1.85. The van der Waals surface area contributed by atoms with Gasteiger partial charge in [0.15, 0.2) is 0 Å². The summed E-state index contributed by atoms with van der Waals surface area (Å²) >= 11 is 0. The fourth-order valence-corrected chi connectivity index (χ4v) is 0.985. The van der Waals surface area contributed by atoms with E-state index < -0.39 is 0 Å². The van der Waals surface area contributed by atoms with Gasteiger partial charge in [-0.2, -0.15) is 0 Å². The van der Waals surface area contributed by atoms with E-state index in [1.807, 2.05) is 0 Å². The zero-order chi connectivity index (χ0) is 10.2. The lowest BCUT2D eigenvalue weighted by Crippen LogP contribution is -2.28. The van der Waals surface area contributed by atoms with Crippen molar-refractivity contribution >= 4 is 5.91 Å². The fourth-order valence-electron chi connectivity index (χ4n) is 0.985. The lowest BCUT2D eigenvalue weighted by atomic mass is 10.3. The van der Waals surface area contributed by atoms with Crippen LogP contribution in [0.1, 0.15) is 12.8 Å². The number of hydrogen-bond donors (Lipinski definition) is 2. The van der Waals surface area contributed by atoms with E-state index >= 15 is 0 Å². The van der Waals surface area contributed by atoms with Crippen LogP contribution < -0.4 is 5.32 Å². The summed E-state index contributed by atoms with van der Waals surface area (Å²) in [5, 5.41) is 18.5. The molecule has 0 aliphatic rings. The monoisotopic (exact) mass is 198 g/mol. The molecule has 1 aromatic heterocycles. The van der Waals surface area contributed by atoms with Crippen LogP contribution in [0.2, 0.25) is 0 Å². The summed E-state index contributed by atoms with van der Waals surface area (Å²) in [5.74, 6) is -0.0894. The number of hydrogen-bond acceptors (Lipinski definition) is 4. The number of aliphatic hydroxyl groups is 1. The molecule has 0 aliphatic carbocycles. The van der Waals surface area contributed by atoms with Gasteiger partial charge < -0.3 is 10.4 Å². The fraction of sp³-hybridized carbons (Fsp3) is 0.625. The van der Waals surface area contributed by atoms with Crippen molar-refractivity contribution in [2.45, 2.75) is 19.4 Å². The zero-order valence-electron chi connectivity index (χ0n) is 7.89. The molecule has 0 saturated carbocycles. The maximum Gasteiger partial charge on any atom is 0.241 e. The minimum absolute atomic E-state index is 0.0894. The maximum atomic E-state index is 11.2. The zero-order valence-corrected chi connectivity index (χ0v) is 7.89. The Hall–Kier alpha value is -1.43. The molecule has 0 aromatic carbocycles. The van der Waals surface area contributed by atoms with Gasteiger partial charge in [0.05, 0.1) is 6.20 Å². The first-order valence-corrected chi connectivity index (χ1v) is 4.54. The van der Waals surface area contributed by atoms with Gasteiger partial charge in [0.25, 0.3) is 0 Å². The molecule has 6 heteroatoms. The molecule has 2 N–H and O–H groups in total. The Morgan fingerprint density at radius 1 is 1.50 bits per heavy atom. The van der Waals surface area contributed by atoms with Crippen molar-refractivity contribution in [1.82, 2.24) is 20.3 Å². The van der Waals surface area contributed by atoms with E-state index in [1.54, 1.807) is 6.20 Å². The number of unbranched alkanes of at least 4 members (excludes halogenated alkanes) is 1. The summed E-state index contributed by atoms with van der Waals surface area (Å²) in [6, 6.07) is 0. The van der Waals surface area contributed by atoms with Crippen LogP contribution in [0.3, 0.4) is 0 Å². The van der Waals surface area contributed by atoms with E-state index in [9.17, 15) is 4.79 Å². The van der Waals surface area contributed by atoms with E-state index in [1.165, 1.54) is 10.9 Å². The molecule has 0 saturated heterocycles. The molecule has 0 unspecified atom stereocenters. The Bertz CT molecular complexity index is 260. The van der Waals surface area contributed by atoms with Gasteiger partial charge in [0, 0.05) is 19.3 Å². The molecular weight excluding hydrogens is 184 g/mol. The van der Waals surface area contributed by atoms with Crippen molar-refractivity contribution in [3.8, 4) is 0 Å². The smallest absolute Gasteiger partial charge is 0.241 e. The largest absolute Gasteiger partial charge is 0.396 e. The van der Waals surface area contributed by atoms with Gasteiger partial charge in [-0.1, -0.05) is 5.21 Å². The topological polar surface area (TPSA) is 80.0 Å². The first-order chi connectivity index (χ1) is 6.83. The SMILES string of the molecule is O=C(Cn1ccnn1)NCCCCO. The number of aliphatic hydroxyl groups excluding tert-OH is 1. The molecule has 0 bridgehead atoms. The highest BCUT2D eigenvalue weighted by Gasteiger charge is 2.01. The van der Waals surface area contributed by atoms with Crippen molar-refractivity contribution in [3.63, 3.8) is 0 Å². The summed E-state index contributed by atoms with van der Waals surface area (Å²) in [6.45, 7) is 0.951. The number of carbonyl (C=O) groups excluding carboxylic acids is 1. The van der Waals surface area contributed by atoms with Gasteiger partial charge in [-0.15, -0.1) is 5.10 Å². The number of nitrogens with zero attached hydrogens (tertiary/aromatic N) is 3. The van der Waals surface area contributed by atoms with Gasteiger partial charge in [-0.3, -0.25) is 4.79 Å². The standard InChI is InChI=1S/C8H14N4O2/c13-6-2-1-3-9-8(14)7-12-5-4-10-11-12/h4-5,13H,1-3,6-7H2,(H,9,14). The molecule has 1 aromatic rings. The summed E-state index contributed by atoms with van der Waals surface area (Å²) in [6.07, 6.45) is 4.66. The molecule has 0 fully saturated rings. The van der Waals surface area contributed by atoms with Crippen molar-refractivity contribution in [2.75, 3.05) is 13.2 Å². The number of aromatic nitrogens is 3. The number of rotatable bonds is 6. The van der Waals surface area contributed by atoms with Crippen LogP contribution in [0.5, 0.6) is 0 Å². The molecule has 0 aliphatic heterocycles. The third kappa shape index (κ3) is 3.99. The predicted molar refractivity (Wildman–Crippen MR) is 49.4 cm³/mol. The Morgan fingerprint density at radius 3 is 3.00 bits per heavy atom. The Labute approximate surface area is 81.9 Å². The average Bonchev–Trinajstić information content (AvgIpc) is 2.65. The minimum Gasteiger partial charge on any atom is -0.396 e. The molecule has 1 heterocycles. The van der Waals surface area contributed by atoms with E-state index in [-0.39, 0.29) is 19.1 Å². The van der Waals surface area contributed by atoms with Gasteiger partial charge in [0.2, 0.25) is 5.91 Å². The third-order valence-corrected chi connectivity index (χ3v) is 1.68. The second kappa shape index (κ2) is 6.09. The van der Waals surface area contributed by atoms with Gasteiger partial charge in [0.1, 0.15) is 6.54 Å². The quantitative estimate of drug-likeness (QED) is 0.584. The van der Waals surface area contributed by atoms with Gasteiger partial charge in [-0.25, -0.2) is 4.68 Å². The normalized spacial score (nSPS) is 10.1. The van der Waals surface area contributed by atoms with Crippen molar-refractivity contribution in [1.29, 1.82) is 0 Å². The Morgan fingerprint density at radius 2 is 2.36 bits per heavy atom. The van der Waals surface area contributed by atoms with Crippen molar-refractivity contribution in [3.05, 3.63) is 12.4 Å². The van der Waals surface area contributed by atoms with Crippen LogP contribution in [0, 0.1) is 0 Å². The number of carbonyl (C=O) groups is 1. The molecule has 1 amide bonds. The van der Waals surface area contributed by atoms with E-state index in [0.717, 1.165) is 6.42 Å².